The molecule has 0 fully saturated rings. The molecule has 2 aromatic rings. The minimum Gasteiger partial charge on any atom is -0.383 e. The fourth-order valence-electron chi connectivity index (χ4n) is 1.50. The highest BCUT2D eigenvalue weighted by molar-refractivity contribution is 5.70. The van der Waals surface area contributed by atoms with Gasteiger partial charge < -0.3 is 10.3 Å². The Morgan fingerprint density at radius 2 is 2.13 bits per heavy atom. The minimum atomic E-state index is -0.300. The number of anilines is 1. The highest BCUT2D eigenvalue weighted by Crippen LogP contribution is 2.26. The van der Waals surface area contributed by atoms with Gasteiger partial charge in [-0.1, -0.05) is 12.1 Å². The molecule has 1 aromatic heterocycles. The average Bonchev–Trinajstić information content (AvgIpc) is 2.60. The molecule has 3 nitrogen and oxygen atoms in total. The number of aryl methyl sites for hydroxylation is 1. The molecule has 0 amide bonds. The van der Waals surface area contributed by atoms with E-state index in [2.05, 4.69) is 4.98 Å². The topological polar surface area (TPSA) is 43.8 Å². The van der Waals surface area contributed by atoms with Crippen molar-refractivity contribution in [3.8, 4) is 11.3 Å². The lowest BCUT2D eigenvalue weighted by Crippen LogP contribution is -1.99. The maximum Gasteiger partial charge on any atom is 0.132 e. The first-order valence-electron chi connectivity index (χ1n) is 4.79. The van der Waals surface area contributed by atoms with E-state index in [0.29, 0.717) is 17.1 Å². The van der Waals surface area contributed by atoms with Crippen LogP contribution in [-0.2, 0) is 6.54 Å². The molecule has 0 radical (unpaired) electrons. The number of rotatable bonds is 2. The van der Waals surface area contributed by atoms with Gasteiger partial charge in [0, 0.05) is 12.1 Å². The van der Waals surface area contributed by atoms with Crippen molar-refractivity contribution in [1.29, 1.82) is 0 Å². The van der Waals surface area contributed by atoms with Crippen LogP contribution in [-0.4, -0.2) is 9.55 Å². The SMILES string of the molecule is CCn1cnc(-c2ccccc2F)c1N. The summed E-state index contributed by atoms with van der Waals surface area (Å²) in [5, 5.41) is 0. The van der Waals surface area contributed by atoms with Crippen LogP contribution in [0.2, 0.25) is 0 Å². The number of aromatic nitrogens is 2. The van der Waals surface area contributed by atoms with E-state index in [-0.39, 0.29) is 5.82 Å². The van der Waals surface area contributed by atoms with Crippen LogP contribution in [0.3, 0.4) is 0 Å². The van der Waals surface area contributed by atoms with Gasteiger partial charge >= 0.3 is 0 Å². The van der Waals surface area contributed by atoms with Crippen LogP contribution in [0.4, 0.5) is 10.2 Å². The lowest BCUT2D eigenvalue weighted by atomic mass is 10.1. The Morgan fingerprint density at radius 3 is 2.73 bits per heavy atom. The second-order valence-corrected chi connectivity index (χ2v) is 3.24. The first-order chi connectivity index (χ1) is 7.24. The molecule has 1 heterocycles. The minimum absolute atomic E-state index is 0.300. The second-order valence-electron chi connectivity index (χ2n) is 3.24. The molecular weight excluding hydrogens is 193 g/mol. The van der Waals surface area contributed by atoms with Crippen LogP contribution in [0.25, 0.3) is 11.3 Å². The first kappa shape index (κ1) is 9.71. The van der Waals surface area contributed by atoms with E-state index in [1.807, 2.05) is 6.92 Å². The third kappa shape index (κ3) is 1.58. The van der Waals surface area contributed by atoms with Crippen molar-refractivity contribution in [1.82, 2.24) is 9.55 Å². The summed E-state index contributed by atoms with van der Waals surface area (Å²) in [4.78, 5) is 4.12. The van der Waals surface area contributed by atoms with E-state index in [1.54, 1.807) is 29.1 Å². The van der Waals surface area contributed by atoms with Gasteiger partial charge in [-0.05, 0) is 19.1 Å². The summed E-state index contributed by atoms with van der Waals surface area (Å²) >= 11 is 0. The summed E-state index contributed by atoms with van der Waals surface area (Å²) < 4.78 is 15.2. The number of nitrogens with zero attached hydrogens (tertiary/aromatic N) is 2. The molecule has 2 N–H and O–H groups in total. The number of benzene rings is 1. The normalized spacial score (nSPS) is 10.5. The van der Waals surface area contributed by atoms with Gasteiger partial charge in [0.1, 0.15) is 17.3 Å². The lowest BCUT2D eigenvalue weighted by molar-refractivity contribution is 0.631. The number of hydrogen-bond acceptors (Lipinski definition) is 2. The Balaban J connectivity index is 2.55. The van der Waals surface area contributed by atoms with E-state index in [1.165, 1.54) is 6.07 Å². The number of nitrogens with two attached hydrogens (primary N) is 1. The van der Waals surface area contributed by atoms with Gasteiger partial charge in [-0.25, -0.2) is 9.37 Å². The molecule has 0 saturated heterocycles. The molecule has 15 heavy (non-hydrogen) atoms. The zero-order chi connectivity index (χ0) is 10.8. The van der Waals surface area contributed by atoms with Crippen LogP contribution >= 0.6 is 0 Å². The van der Waals surface area contributed by atoms with Crippen molar-refractivity contribution in [2.45, 2.75) is 13.5 Å². The molecule has 1 aromatic carbocycles. The molecule has 0 aliphatic carbocycles. The van der Waals surface area contributed by atoms with Gasteiger partial charge in [-0.2, -0.15) is 0 Å². The van der Waals surface area contributed by atoms with Gasteiger partial charge in [-0.3, -0.25) is 0 Å². The van der Waals surface area contributed by atoms with E-state index >= 15 is 0 Å². The zero-order valence-corrected chi connectivity index (χ0v) is 8.44. The summed E-state index contributed by atoms with van der Waals surface area (Å²) in [6.07, 6.45) is 1.62. The van der Waals surface area contributed by atoms with Crippen molar-refractivity contribution in [3.05, 3.63) is 36.4 Å². The Kier molecular flexibility index (Phi) is 2.41. The van der Waals surface area contributed by atoms with Crippen LogP contribution in [0.5, 0.6) is 0 Å². The Hall–Kier alpha value is -1.84. The zero-order valence-electron chi connectivity index (χ0n) is 8.44. The number of halogens is 1. The standard InChI is InChI=1S/C11H12FN3/c1-2-15-7-14-10(11(15)13)8-5-3-4-6-9(8)12/h3-7H,2,13H2,1H3. The fraction of sp³-hybridized carbons (Fsp3) is 0.182. The highest BCUT2D eigenvalue weighted by atomic mass is 19.1. The van der Waals surface area contributed by atoms with Crippen LogP contribution in [0, 0.1) is 5.82 Å². The molecule has 2 rings (SSSR count). The van der Waals surface area contributed by atoms with Crippen LogP contribution in [0.15, 0.2) is 30.6 Å². The van der Waals surface area contributed by atoms with E-state index in [0.717, 1.165) is 6.54 Å². The third-order valence-corrected chi connectivity index (χ3v) is 2.35. The van der Waals surface area contributed by atoms with E-state index in [4.69, 9.17) is 5.73 Å². The molecular formula is C11H12FN3. The molecule has 0 unspecified atom stereocenters. The van der Waals surface area contributed by atoms with Gasteiger partial charge in [0.05, 0.1) is 6.33 Å². The van der Waals surface area contributed by atoms with Crippen LogP contribution < -0.4 is 5.73 Å². The number of imidazole rings is 1. The van der Waals surface area contributed by atoms with Gasteiger partial charge in [0.25, 0.3) is 0 Å². The van der Waals surface area contributed by atoms with Crippen molar-refractivity contribution in [2.75, 3.05) is 5.73 Å². The maximum atomic E-state index is 13.5. The Bertz CT molecular complexity index is 476. The summed E-state index contributed by atoms with van der Waals surface area (Å²) in [5.41, 5.74) is 6.80. The summed E-state index contributed by atoms with van der Waals surface area (Å²) in [5.74, 6) is 0.202. The highest BCUT2D eigenvalue weighted by Gasteiger charge is 2.12. The van der Waals surface area contributed by atoms with E-state index in [9.17, 15) is 4.39 Å². The average molecular weight is 205 g/mol. The number of hydrogen-bond donors (Lipinski definition) is 1. The monoisotopic (exact) mass is 205 g/mol. The third-order valence-electron chi connectivity index (χ3n) is 2.35. The molecule has 0 bridgehead atoms. The molecule has 0 spiro atoms. The summed E-state index contributed by atoms with van der Waals surface area (Å²) in [7, 11) is 0. The summed E-state index contributed by atoms with van der Waals surface area (Å²) in [6, 6.07) is 6.49. The molecule has 0 aliphatic heterocycles. The van der Waals surface area contributed by atoms with Crippen molar-refractivity contribution in [3.63, 3.8) is 0 Å². The number of nitrogen functional groups attached to an aromatic ring is 1. The second kappa shape index (κ2) is 3.73. The maximum absolute atomic E-state index is 13.5. The smallest absolute Gasteiger partial charge is 0.132 e. The molecule has 4 heteroatoms. The fourth-order valence-corrected chi connectivity index (χ4v) is 1.50. The van der Waals surface area contributed by atoms with Crippen molar-refractivity contribution < 1.29 is 4.39 Å². The largest absolute Gasteiger partial charge is 0.383 e. The molecule has 0 saturated carbocycles. The summed E-state index contributed by atoms with van der Waals surface area (Å²) in [6.45, 7) is 2.69. The van der Waals surface area contributed by atoms with Crippen LogP contribution in [0.1, 0.15) is 6.92 Å². The molecule has 78 valence electrons. The van der Waals surface area contributed by atoms with Gasteiger partial charge in [-0.15, -0.1) is 0 Å². The quantitative estimate of drug-likeness (QED) is 0.817. The predicted molar refractivity (Wildman–Crippen MR) is 57.7 cm³/mol. The molecule has 0 aliphatic rings. The molecule has 0 atom stereocenters. The van der Waals surface area contributed by atoms with Gasteiger partial charge in [0.2, 0.25) is 0 Å². The lowest BCUT2D eigenvalue weighted by Gasteiger charge is -2.02. The van der Waals surface area contributed by atoms with Crippen molar-refractivity contribution >= 4 is 5.82 Å². The predicted octanol–water partition coefficient (Wildman–Crippen LogP) is 2.29. The Labute approximate surface area is 87.4 Å². The van der Waals surface area contributed by atoms with Crippen molar-refractivity contribution in [2.24, 2.45) is 0 Å². The van der Waals surface area contributed by atoms with E-state index < -0.39 is 0 Å². The first-order valence-corrected chi connectivity index (χ1v) is 4.79. The Morgan fingerprint density at radius 1 is 1.40 bits per heavy atom. The van der Waals surface area contributed by atoms with Gasteiger partial charge in [0.15, 0.2) is 0 Å².